The molecule has 1 atom stereocenters. The van der Waals surface area contributed by atoms with Crippen LogP contribution in [0.25, 0.3) is 0 Å². The topological polar surface area (TPSA) is 92.5 Å². The second kappa shape index (κ2) is 6.20. The monoisotopic (exact) mass is 272 g/mol. The lowest BCUT2D eigenvalue weighted by atomic mass is 10.1. The van der Waals surface area contributed by atoms with Crippen LogP contribution in [0.5, 0.6) is 0 Å². The molecule has 0 aromatic heterocycles. The average molecular weight is 273 g/mol. The molecule has 0 radical (unpaired) electrons. The zero-order chi connectivity index (χ0) is 13.7. The molecule has 1 unspecified atom stereocenters. The molecule has 0 spiro atoms. The number of halogens is 1. The van der Waals surface area contributed by atoms with Gasteiger partial charge in [-0.15, -0.1) is 0 Å². The van der Waals surface area contributed by atoms with Crippen molar-refractivity contribution in [3.05, 3.63) is 33.3 Å². The first-order valence-electron chi connectivity index (χ1n) is 5.37. The number of hydrogen-bond acceptors (Lipinski definition) is 4. The molecule has 0 amide bonds. The summed E-state index contributed by atoms with van der Waals surface area (Å²) in [5, 5.41) is 22.5. The molecule has 0 aliphatic carbocycles. The third-order valence-electron chi connectivity index (χ3n) is 2.44. The van der Waals surface area contributed by atoms with Crippen molar-refractivity contribution in [2.45, 2.75) is 25.8 Å². The third-order valence-corrected chi connectivity index (χ3v) is 2.75. The second-order valence-electron chi connectivity index (χ2n) is 3.74. The second-order valence-corrected chi connectivity index (χ2v) is 4.15. The number of nitrogens with one attached hydrogen (secondary N) is 1. The summed E-state index contributed by atoms with van der Waals surface area (Å²) in [4.78, 5) is 21.0. The summed E-state index contributed by atoms with van der Waals surface area (Å²) < 4.78 is 0. The molecular formula is C11H13ClN2O4. The van der Waals surface area contributed by atoms with E-state index in [1.165, 1.54) is 12.1 Å². The number of carboxylic acid groups (broad SMARTS) is 1. The van der Waals surface area contributed by atoms with E-state index in [9.17, 15) is 14.9 Å². The van der Waals surface area contributed by atoms with Gasteiger partial charge in [0.05, 0.1) is 11.3 Å². The van der Waals surface area contributed by atoms with Gasteiger partial charge >= 0.3 is 11.7 Å². The Kier molecular flexibility index (Phi) is 4.91. The highest BCUT2D eigenvalue weighted by Gasteiger charge is 2.21. The van der Waals surface area contributed by atoms with Crippen molar-refractivity contribution in [3.8, 4) is 0 Å². The van der Waals surface area contributed by atoms with Gasteiger partial charge in [0, 0.05) is 6.04 Å². The van der Waals surface area contributed by atoms with Gasteiger partial charge in [0.1, 0.15) is 10.7 Å². The Hall–Kier alpha value is -1.82. The molecule has 0 aliphatic heterocycles. The maximum atomic E-state index is 10.9. The molecule has 0 saturated heterocycles. The Balaban J connectivity index is 2.99. The minimum absolute atomic E-state index is 0.0233. The Bertz CT molecular complexity index is 464. The molecule has 0 bridgehead atoms. The molecule has 0 heterocycles. The first kappa shape index (κ1) is 14.2. The fourth-order valence-corrected chi connectivity index (χ4v) is 1.79. The standard InChI is InChI=1S/C11H13ClN2O4/c1-2-7(6-10(15)16)13-9-5-3-4-8(12)11(9)14(17)18/h3-5,7,13H,2,6H2,1H3,(H,15,16). The molecule has 7 heteroatoms. The molecular weight excluding hydrogens is 260 g/mol. The fraction of sp³-hybridized carbons (Fsp3) is 0.364. The van der Waals surface area contributed by atoms with Crippen molar-refractivity contribution in [2.75, 3.05) is 5.32 Å². The van der Waals surface area contributed by atoms with E-state index in [-0.39, 0.29) is 28.9 Å². The molecule has 2 N–H and O–H groups in total. The van der Waals surface area contributed by atoms with Gasteiger partial charge in [-0.2, -0.15) is 0 Å². The van der Waals surface area contributed by atoms with Crippen LogP contribution >= 0.6 is 11.6 Å². The van der Waals surface area contributed by atoms with Crippen LogP contribution in [0.15, 0.2) is 18.2 Å². The number of nitro benzene ring substituents is 1. The van der Waals surface area contributed by atoms with Crippen molar-refractivity contribution in [3.63, 3.8) is 0 Å². The summed E-state index contributed by atoms with van der Waals surface area (Å²) >= 11 is 5.76. The van der Waals surface area contributed by atoms with Crippen LogP contribution in [0.1, 0.15) is 19.8 Å². The first-order chi connectivity index (χ1) is 8.45. The van der Waals surface area contributed by atoms with Crippen molar-refractivity contribution in [1.82, 2.24) is 0 Å². The average Bonchev–Trinajstić information content (AvgIpc) is 2.27. The van der Waals surface area contributed by atoms with E-state index >= 15 is 0 Å². The van der Waals surface area contributed by atoms with Crippen molar-refractivity contribution in [1.29, 1.82) is 0 Å². The van der Waals surface area contributed by atoms with Crippen LogP contribution in [0.2, 0.25) is 5.02 Å². The van der Waals surface area contributed by atoms with Crippen LogP contribution in [-0.2, 0) is 4.79 Å². The molecule has 0 saturated carbocycles. The minimum atomic E-state index is -0.959. The number of carboxylic acids is 1. The number of anilines is 1. The number of hydrogen-bond donors (Lipinski definition) is 2. The quantitative estimate of drug-likeness (QED) is 0.613. The van der Waals surface area contributed by atoms with Crippen LogP contribution in [0, 0.1) is 10.1 Å². The zero-order valence-corrected chi connectivity index (χ0v) is 10.5. The van der Waals surface area contributed by atoms with E-state index in [2.05, 4.69) is 5.32 Å². The highest BCUT2D eigenvalue weighted by atomic mass is 35.5. The van der Waals surface area contributed by atoms with E-state index in [0.717, 1.165) is 0 Å². The number of rotatable bonds is 6. The van der Waals surface area contributed by atoms with Gasteiger partial charge in [0.25, 0.3) is 0 Å². The van der Waals surface area contributed by atoms with Gasteiger partial charge in [-0.25, -0.2) is 0 Å². The van der Waals surface area contributed by atoms with Gasteiger partial charge < -0.3 is 10.4 Å². The highest BCUT2D eigenvalue weighted by molar-refractivity contribution is 6.33. The molecule has 1 aromatic carbocycles. The van der Waals surface area contributed by atoms with Gasteiger partial charge in [-0.05, 0) is 18.6 Å². The number of carbonyl (C=O) groups is 1. The Labute approximate surface area is 109 Å². The van der Waals surface area contributed by atoms with Crippen molar-refractivity contribution < 1.29 is 14.8 Å². The summed E-state index contributed by atoms with van der Waals surface area (Å²) in [7, 11) is 0. The Morgan fingerprint density at radius 3 is 2.78 bits per heavy atom. The van der Waals surface area contributed by atoms with Crippen LogP contribution in [-0.4, -0.2) is 22.0 Å². The lowest BCUT2D eigenvalue weighted by Crippen LogP contribution is -2.22. The van der Waals surface area contributed by atoms with Crippen molar-refractivity contribution >= 4 is 28.9 Å². The van der Waals surface area contributed by atoms with E-state index in [0.29, 0.717) is 6.42 Å². The summed E-state index contributed by atoms with van der Waals surface area (Å²) in [5.74, 6) is -0.959. The maximum absolute atomic E-state index is 10.9. The Morgan fingerprint density at radius 2 is 2.28 bits per heavy atom. The summed E-state index contributed by atoms with van der Waals surface area (Å²) in [6.45, 7) is 1.80. The fourth-order valence-electron chi connectivity index (χ4n) is 1.55. The number of para-hydroxylation sites is 1. The third kappa shape index (κ3) is 3.59. The minimum Gasteiger partial charge on any atom is -0.481 e. The van der Waals surface area contributed by atoms with Crippen LogP contribution < -0.4 is 5.32 Å². The normalized spacial score (nSPS) is 11.9. The molecule has 0 aliphatic rings. The Morgan fingerprint density at radius 1 is 1.61 bits per heavy atom. The SMILES string of the molecule is CCC(CC(=O)O)Nc1cccc(Cl)c1[N+](=O)[O-]. The highest BCUT2D eigenvalue weighted by Crippen LogP contribution is 2.33. The lowest BCUT2D eigenvalue weighted by molar-refractivity contribution is -0.383. The molecule has 98 valence electrons. The van der Waals surface area contributed by atoms with Crippen LogP contribution in [0.4, 0.5) is 11.4 Å². The van der Waals surface area contributed by atoms with Gasteiger partial charge in [0.15, 0.2) is 0 Å². The number of nitro groups is 1. The van der Waals surface area contributed by atoms with E-state index < -0.39 is 10.9 Å². The predicted molar refractivity (Wildman–Crippen MR) is 68.1 cm³/mol. The van der Waals surface area contributed by atoms with Gasteiger partial charge in [0.2, 0.25) is 0 Å². The summed E-state index contributed by atoms with van der Waals surface area (Å²) in [6, 6.07) is 4.13. The van der Waals surface area contributed by atoms with E-state index in [4.69, 9.17) is 16.7 Å². The first-order valence-corrected chi connectivity index (χ1v) is 5.74. The summed E-state index contributed by atoms with van der Waals surface area (Å²) in [6.07, 6.45) is 0.427. The molecule has 6 nitrogen and oxygen atoms in total. The van der Waals surface area contributed by atoms with E-state index in [1.807, 2.05) is 0 Å². The molecule has 0 fully saturated rings. The lowest BCUT2D eigenvalue weighted by Gasteiger charge is -2.16. The summed E-state index contributed by atoms with van der Waals surface area (Å²) in [5.41, 5.74) is 0.00334. The zero-order valence-electron chi connectivity index (χ0n) is 9.72. The van der Waals surface area contributed by atoms with E-state index in [1.54, 1.807) is 13.0 Å². The number of nitrogens with zero attached hydrogens (tertiary/aromatic N) is 1. The number of benzene rings is 1. The largest absolute Gasteiger partial charge is 0.481 e. The maximum Gasteiger partial charge on any atom is 0.310 e. The van der Waals surface area contributed by atoms with Crippen LogP contribution in [0.3, 0.4) is 0 Å². The smallest absolute Gasteiger partial charge is 0.310 e. The van der Waals surface area contributed by atoms with Crippen molar-refractivity contribution in [2.24, 2.45) is 0 Å². The molecule has 18 heavy (non-hydrogen) atoms. The molecule has 1 rings (SSSR count). The number of aliphatic carboxylic acids is 1. The predicted octanol–water partition coefficient (Wildman–Crippen LogP) is 2.91. The molecule has 1 aromatic rings. The van der Waals surface area contributed by atoms with Gasteiger partial charge in [-0.3, -0.25) is 14.9 Å². The van der Waals surface area contributed by atoms with Gasteiger partial charge in [-0.1, -0.05) is 24.6 Å².